The molecule has 4 nitrogen and oxygen atoms in total. The van der Waals surface area contributed by atoms with E-state index in [-0.39, 0.29) is 12.6 Å². The number of nitrogens with zero attached hydrogens (tertiary/aromatic N) is 1. The van der Waals surface area contributed by atoms with Gasteiger partial charge in [-0.2, -0.15) is 0 Å². The molecule has 1 saturated heterocycles. The third-order valence-corrected chi connectivity index (χ3v) is 3.94. The maximum Gasteiger partial charge on any atom is 0.231 e. The summed E-state index contributed by atoms with van der Waals surface area (Å²) in [5.74, 6) is 2.35. The van der Waals surface area contributed by atoms with Crippen molar-refractivity contribution in [2.75, 3.05) is 26.4 Å². The van der Waals surface area contributed by atoms with Crippen molar-refractivity contribution in [2.24, 2.45) is 5.92 Å². The number of rotatable bonds is 3. The smallest absolute Gasteiger partial charge is 0.231 e. The number of fused-ring (bicyclic) bond motifs is 1. The monoisotopic (exact) mass is 261 g/mol. The van der Waals surface area contributed by atoms with Gasteiger partial charge in [0.25, 0.3) is 0 Å². The van der Waals surface area contributed by atoms with Crippen molar-refractivity contribution in [3.8, 4) is 11.5 Å². The van der Waals surface area contributed by atoms with Crippen molar-refractivity contribution in [3.05, 3.63) is 23.8 Å². The highest BCUT2D eigenvalue weighted by Crippen LogP contribution is 2.32. The fourth-order valence-electron chi connectivity index (χ4n) is 2.58. The second kappa shape index (κ2) is 5.21. The molecule has 0 unspecified atom stereocenters. The molecule has 0 saturated carbocycles. The van der Waals surface area contributed by atoms with Crippen LogP contribution in [0.2, 0.25) is 0 Å². The summed E-state index contributed by atoms with van der Waals surface area (Å²) in [6.45, 7) is 5.08. The first-order valence-electron chi connectivity index (χ1n) is 6.87. The van der Waals surface area contributed by atoms with Crippen LogP contribution in [0.1, 0.15) is 30.1 Å². The minimum absolute atomic E-state index is 0.160. The van der Waals surface area contributed by atoms with Gasteiger partial charge in [-0.05, 0) is 50.0 Å². The predicted octanol–water partition coefficient (Wildman–Crippen LogP) is 2.33. The molecule has 0 bridgehead atoms. The number of benzene rings is 1. The molecule has 0 radical (unpaired) electrons. The molecule has 2 heterocycles. The second-order valence-electron chi connectivity index (χ2n) is 5.45. The molecule has 1 fully saturated rings. The van der Waals surface area contributed by atoms with Gasteiger partial charge in [0, 0.05) is 5.56 Å². The van der Waals surface area contributed by atoms with E-state index in [0.717, 1.165) is 24.8 Å². The second-order valence-corrected chi connectivity index (χ2v) is 5.45. The van der Waals surface area contributed by atoms with Crippen LogP contribution < -0.4 is 9.47 Å². The van der Waals surface area contributed by atoms with Crippen LogP contribution in [0.3, 0.4) is 0 Å². The predicted molar refractivity (Wildman–Crippen MR) is 71.7 cm³/mol. The van der Waals surface area contributed by atoms with E-state index >= 15 is 0 Å². The van der Waals surface area contributed by atoms with Crippen LogP contribution in [0.25, 0.3) is 0 Å². The molecule has 0 atom stereocenters. The number of ketones is 1. The van der Waals surface area contributed by atoms with Crippen LogP contribution in [-0.2, 0) is 0 Å². The molecule has 0 spiro atoms. The van der Waals surface area contributed by atoms with E-state index in [1.807, 2.05) is 12.1 Å². The first kappa shape index (κ1) is 12.5. The van der Waals surface area contributed by atoms with E-state index in [1.165, 1.54) is 12.8 Å². The molecule has 1 aromatic rings. The quantitative estimate of drug-likeness (QED) is 0.783. The molecule has 0 aliphatic carbocycles. The molecule has 4 heteroatoms. The number of ether oxygens (including phenoxy) is 2. The first-order chi connectivity index (χ1) is 9.22. The Morgan fingerprint density at radius 3 is 2.79 bits per heavy atom. The fourth-order valence-corrected chi connectivity index (χ4v) is 2.58. The lowest BCUT2D eigenvalue weighted by molar-refractivity contribution is 0.0899. The summed E-state index contributed by atoms with van der Waals surface area (Å²) < 4.78 is 10.6. The maximum absolute atomic E-state index is 12.3. The molecular weight excluding hydrogens is 242 g/mol. The molecular formula is C15H19NO3. The largest absolute Gasteiger partial charge is 0.454 e. The van der Waals surface area contributed by atoms with E-state index in [9.17, 15) is 4.79 Å². The van der Waals surface area contributed by atoms with Crippen LogP contribution in [-0.4, -0.2) is 37.1 Å². The zero-order chi connectivity index (χ0) is 13.2. The third kappa shape index (κ3) is 2.73. The number of hydrogen-bond acceptors (Lipinski definition) is 4. The van der Waals surface area contributed by atoms with E-state index in [1.54, 1.807) is 6.07 Å². The third-order valence-electron chi connectivity index (χ3n) is 3.94. The average molecular weight is 261 g/mol. The minimum atomic E-state index is 0.160. The van der Waals surface area contributed by atoms with Gasteiger partial charge in [-0.3, -0.25) is 9.69 Å². The lowest BCUT2D eigenvalue weighted by Gasteiger charge is -2.29. The zero-order valence-electron chi connectivity index (χ0n) is 11.2. The van der Waals surface area contributed by atoms with Gasteiger partial charge in [0.2, 0.25) is 6.79 Å². The number of Topliss-reactive ketones (excluding diaryl/α,β-unsaturated/α-hetero) is 1. The number of piperidine rings is 1. The molecule has 19 heavy (non-hydrogen) atoms. The van der Waals surface area contributed by atoms with Crippen molar-refractivity contribution in [3.63, 3.8) is 0 Å². The standard InChI is InChI=1S/C15H19NO3/c1-11-4-6-16(7-5-11)9-13(17)12-2-3-14-15(8-12)19-10-18-14/h2-3,8,11H,4-7,9-10H2,1H3. The van der Waals surface area contributed by atoms with Gasteiger partial charge in [0.1, 0.15) is 0 Å². The fraction of sp³-hybridized carbons (Fsp3) is 0.533. The van der Waals surface area contributed by atoms with Gasteiger partial charge in [-0.25, -0.2) is 0 Å². The molecule has 1 aromatic carbocycles. The van der Waals surface area contributed by atoms with Gasteiger partial charge in [-0.1, -0.05) is 6.92 Å². The van der Waals surface area contributed by atoms with Gasteiger partial charge in [0.05, 0.1) is 6.54 Å². The SMILES string of the molecule is CC1CCN(CC(=O)c2ccc3c(c2)OCO3)CC1. The highest BCUT2D eigenvalue weighted by atomic mass is 16.7. The summed E-state index contributed by atoms with van der Waals surface area (Å²) in [4.78, 5) is 14.5. The Labute approximate surface area is 113 Å². The van der Waals surface area contributed by atoms with Crippen LogP contribution in [0.4, 0.5) is 0 Å². The van der Waals surface area contributed by atoms with Crippen molar-refractivity contribution in [2.45, 2.75) is 19.8 Å². The summed E-state index contributed by atoms with van der Waals surface area (Å²) in [5.41, 5.74) is 0.711. The van der Waals surface area contributed by atoms with E-state index in [4.69, 9.17) is 9.47 Å². The van der Waals surface area contributed by atoms with Crippen molar-refractivity contribution in [1.82, 2.24) is 4.90 Å². The topological polar surface area (TPSA) is 38.8 Å². The highest BCUT2D eigenvalue weighted by Gasteiger charge is 2.20. The summed E-state index contributed by atoms with van der Waals surface area (Å²) in [6, 6.07) is 5.42. The Hall–Kier alpha value is -1.55. The first-order valence-corrected chi connectivity index (χ1v) is 6.87. The molecule has 3 rings (SSSR count). The van der Waals surface area contributed by atoms with E-state index < -0.39 is 0 Å². The number of carbonyl (C=O) groups is 1. The Balaban J connectivity index is 1.64. The molecule has 2 aliphatic rings. The minimum Gasteiger partial charge on any atom is -0.454 e. The van der Waals surface area contributed by atoms with Crippen molar-refractivity contribution >= 4 is 5.78 Å². The number of likely N-dealkylation sites (tertiary alicyclic amines) is 1. The summed E-state index contributed by atoms with van der Waals surface area (Å²) in [6.07, 6.45) is 2.38. The Bertz CT molecular complexity index is 478. The summed E-state index contributed by atoms with van der Waals surface area (Å²) in [7, 11) is 0. The summed E-state index contributed by atoms with van der Waals surface area (Å²) in [5, 5.41) is 0. The van der Waals surface area contributed by atoms with Crippen LogP contribution in [0, 0.1) is 5.92 Å². The zero-order valence-corrected chi connectivity index (χ0v) is 11.2. The van der Waals surface area contributed by atoms with Gasteiger partial charge in [-0.15, -0.1) is 0 Å². The number of carbonyl (C=O) groups excluding carboxylic acids is 1. The molecule has 0 amide bonds. The average Bonchev–Trinajstić information content (AvgIpc) is 2.88. The lowest BCUT2D eigenvalue weighted by Crippen LogP contribution is -2.36. The van der Waals surface area contributed by atoms with Gasteiger partial charge in [0.15, 0.2) is 17.3 Å². The normalized spacial score (nSPS) is 19.6. The molecule has 0 aromatic heterocycles. The van der Waals surface area contributed by atoms with Crippen LogP contribution in [0.5, 0.6) is 11.5 Å². The Morgan fingerprint density at radius 1 is 1.26 bits per heavy atom. The number of hydrogen-bond donors (Lipinski definition) is 0. The van der Waals surface area contributed by atoms with Crippen LogP contribution in [0.15, 0.2) is 18.2 Å². The van der Waals surface area contributed by atoms with Crippen LogP contribution >= 0.6 is 0 Å². The molecule has 0 N–H and O–H groups in total. The van der Waals surface area contributed by atoms with Gasteiger partial charge < -0.3 is 9.47 Å². The maximum atomic E-state index is 12.3. The lowest BCUT2D eigenvalue weighted by atomic mass is 9.98. The Morgan fingerprint density at radius 2 is 2.00 bits per heavy atom. The van der Waals surface area contributed by atoms with Crippen molar-refractivity contribution in [1.29, 1.82) is 0 Å². The highest BCUT2D eigenvalue weighted by molar-refractivity contribution is 5.98. The van der Waals surface area contributed by atoms with E-state index in [0.29, 0.717) is 17.9 Å². The Kier molecular flexibility index (Phi) is 3.42. The molecule has 2 aliphatic heterocycles. The van der Waals surface area contributed by atoms with Crippen molar-refractivity contribution < 1.29 is 14.3 Å². The molecule has 102 valence electrons. The summed E-state index contributed by atoms with van der Waals surface area (Å²) >= 11 is 0. The van der Waals surface area contributed by atoms with Gasteiger partial charge >= 0.3 is 0 Å². The van der Waals surface area contributed by atoms with E-state index in [2.05, 4.69) is 11.8 Å².